The Bertz CT molecular complexity index is 487. The number of hydrogen-bond acceptors (Lipinski definition) is 4. The molecule has 0 aromatic heterocycles. The average molecular weight is 250 g/mol. The average Bonchev–Trinajstić information content (AvgIpc) is 2.35. The van der Waals surface area contributed by atoms with Gasteiger partial charge in [-0.1, -0.05) is 0 Å². The maximum atomic E-state index is 11.8. The quantitative estimate of drug-likeness (QED) is 0.746. The largest absolute Gasteiger partial charge is 0.478 e. The zero-order valence-electron chi connectivity index (χ0n) is 9.90. The van der Waals surface area contributed by atoms with Crippen molar-refractivity contribution < 1.29 is 19.4 Å². The molecule has 0 fully saturated rings. The van der Waals surface area contributed by atoms with Crippen molar-refractivity contribution in [3.63, 3.8) is 0 Å². The third-order valence-corrected chi connectivity index (χ3v) is 2.78. The Hall–Kier alpha value is -2.08. The van der Waals surface area contributed by atoms with E-state index < -0.39 is 5.97 Å². The van der Waals surface area contributed by atoms with E-state index in [4.69, 9.17) is 9.84 Å². The number of amides is 1. The maximum Gasteiger partial charge on any atom is 0.335 e. The molecule has 0 aliphatic carbocycles. The number of carboxylic acids is 1. The highest BCUT2D eigenvalue weighted by atomic mass is 16.5. The zero-order valence-corrected chi connectivity index (χ0v) is 9.90. The van der Waals surface area contributed by atoms with Gasteiger partial charge in [0.15, 0.2) is 0 Å². The molecule has 6 nitrogen and oxygen atoms in total. The summed E-state index contributed by atoms with van der Waals surface area (Å²) in [6.07, 6.45) is 0.558. The summed E-state index contributed by atoms with van der Waals surface area (Å²) in [5, 5.41) is 14.6. The first-order valence-corrected chi connectivity index (χ1v) is 5.55. The molecule has 0 saturated carbocycles. The molecule has 0 saturated heterocycles. The second-order valence-corrected chi connectivity index (χ2v) is 4.03. The first kappa shape index (κ1) is 12.4. The van der Waals surface area contributed by atoms with E-state index in [9.17, 15) is 9.59 Å². The summed E-state index contributed by atoms with van der Waals surface area (Å²) in [5.74, 6) is -1.20. The molecule has 2 rings (SSSR count). The van der Waals surface area contributed by atoms with Crippen molar-refractivity contribution in [1.29, 1.82) is 0 Å². The molecule has 0 radical (unpaired) electrons. The maximum absolute atomic E-state index is 11.8. The number of carboxylic acid groups (broad SMARTS) is 1. The number of carbonyl (C=O) groups is 2. The molecule has 1 atom stereocenters. The molecule has 1 amide bonds. The van der Waals surface area contributed by atoms with E-state index in [-0.39, 0.29) is 17.5 Å². The van der Waals surface area contributed by atoms with E-state index in [0.717, 1.165) is 5.69 Å². The Balaban J connectivity index is 2.20. The van der Waals surface area contributed by atoms with Crippen LogP contribution in [0, 0.1) is 0 Å². The highest BCUT2D eigenvalue weighted by Gasteiger charge is 2.25. The van der Waals surface area contributed by atoms with Crippen LogP contribution in [-0.2, 0) is 9.53 Å². The minimum absolute atomic E-state index is 0.145. The van der Waals surface area contributed by atoms with Crippen LogP contribution >= 0.6 is 0 Å². The van der Waals surface area contributed by atoms with Gasteiger partial charge in [-0.25, -0.2) is 4.79 Å². The van der Waals surface area contributed by atoms with Gasteiger partial charge in [-0.05, 0) is 24.6 Å². The fourth-order valence-electron chi connectivity index (χ4n) is 1.82. The molecular weight excluding hydrogens is 236 g/mol. The fraction of sp³-hybridized carbons (Fsp3) is 0.333. The smallest absolute Gasteiger partial charge is 0.335 e. The third kappa shape index (κ3) is 2.43. The predicted octanol–water partition coefficient (Wildman–Crippen LogP) is 1.15. The number of fused-ring (bicyclic) bond motifs is 1. The molecular formula is C12H14N2O4. The van der Waals surface area contributed by atoms with Gasteiger partial charge in [0.1, 0.15) is 6.04 Å². The third-order valence-electron chi connectivity index (χ3n) is 2.78. The molecule has 1 heterocycles. The number of benzene rings is 1. The molecule has 1 unspecified atom stereocenters. The first-order chi connectivity index (χ1) is 8.61. The Morgan fingerprint density at radius 3 is 2.89 bits per heavy atom. The van der Waals surface area contributed by atoms with E-state index in [1.807, 2.05) is 0 Å². The van der Waals surface area contributed by atoms with Crippen molar-refractivity contribution in [2.75, 3.05) is 24.4 Å². The lowest BCUT2D eigenvalue weighted by atomic mass is 10.1. The summed E-state index contributed by atoms with van der Waals surface area (Å²) in [6.45, 7) is 0.480. The summed E-state index contributed by atoms with van der Waals surface area (Å²) in [5.41, 5.74) is 1.36. The van der Waals surface area contributed by atoms with Crippen LogP contribution < -0.4 is 10.6 Å². The Labute approximate surface area is 104 Å². The normalized spacial score (nSPS) is 17.6. The molecule has 3 N–H and O–H groups in total. The second-order valence-electron chi connectivity index (χ2n) is 4.03. The molecule has 6 heteroatoms. The van der Waals surface area contributed by atoms with E-state index in [2.05, 4.69) is 10.6 Å². The van der Waals surface area contributed by atoms with Crippen LogP contribution in [0.4, 0.5) is 11.4 Å². The molecule has 0 spiro atoms. The lowest BCUT2D eigenvalue weighted by molar-refractivity contribution is -0.117. The van der Waals surface area contributed by atoms with Crippen molar-refractivity contribution in [2.45, 2.75) is 12.5 Å². The number of aromatic carboxylic acids is 1. The van der Waals surface area contributed by atoms with E-state index in [1.54, 1.807) is 13.2 Å². The molecule has 0 bridgehead atoms. The predicted molar refractivity (Wildman–Crippen MR) is 65.9 cm³/mol. The first-order valence-electron chi connectivity index (χ1n) is 5.55. The number of methoxy groups -OCH3 is 1. The van der Waals surface area contributed by atoms with E-state index in [0.29, 0.717) is 18.7 Å². The fourth-order valence-corrected chi connectivity index (χ4v) is 1.82. The number of rotatable bonds is 4. The highest BCUT2D eigenvalue weighted by Crippen LogP contribution is 2.28. The van der Waals surface area contributed by atoms with Gasteiger partial charge >= 0.3 is 5.97 Å². The zero-order chi connectivity index (χ0) is 13.1. The van der Waals surface area contributed by atoms with Crippen LogP contribution in [0.5, 0.6) is 0 Å². The van der Waals surface area contributed by atoms with Crippen LogP contribution in [-0.4, -0.2) is 36.7 Å². The second kappa shape index (κ2) is 5.05. The van der Waals surface area contributed by atoms with Crippen molar-refractivity contribution >= 4 is 23.3 Å². The summed E-state index contributed by atoms with van der Waals surface area (Å²) in [6, 6.07) is 4.24. The Kier molecular flexibility index (Phi) is 3.47. The topological polar surface area (TPSA) is 87.7 Å². The van der Waals surface area contributed by atoms with Crippen LogP contribution in [0.15, 0.2) is 18.2 Å². The number of carbonyl (C=O) groups excluding carboxylic acids is 1. The molecule has 1 aromatic carbocycles. The molecule has 1 aromatic rings. The van der Waals surface area contributed by atoms with Crippen LogP contribution in [0.2, 0.25) is 0 Å². The molecule has 18 heavy (non-hydrogen) atoms. The van der Waals surface area contributed by atoms with Crippen LogP contribution in [0.25, 0.3) is 0 Å². The molecule has 1 aliphatic rings. The Morgan fingerprint density at radius 2 is 2.22 bits per heavy atom. The van der Waals surface area contributed by atoms with Gasteiger partial charge in [0, 0.05) is 13.7 Å². The number of ether oxygens (including phenoxy) is 1. The van der Waals surface area contributed by atoms with Crippen molar-refractivity contribution in [3.05, 3.63) is 23.8 Å². The number of anilines is 2. The van der Waals surface area contributed by atoms with Crippen LogP contribution in [0.3, 0.4) is 0 Å². The SMILES string of the molecule is COCCC1Nc2ccc(C(=O)O)cc2NC1=O. The monoisotopic (exact) mass is 250 g/mol. The van der Waals surface area contributed by atoms with Crippen molar-refractivity contribution in [1.82, 2.24) is 0 Å². The van der Waals surface area contributed by atoms with Gasteiger partial charge in [0.25, 0.3) is 0 Å². The molecule has 1 aliphatic heterocycles. The van der Waals surface area contributed by atoms with Gasteiger partial charge in [-0.3, -0.25) is 4.79 Å². The van der Waals surface area contributed by atoms with Crippen molar-refractivity contribution in [3.8, 4) is 0 Å². The van der Waals surface area contributed by atoms with Gasteiger partial charge in [0.2, 0.25) is 5.91 Å². The summed E-state index contributed by atoms with van der Waals surface area (Å²) in [7, 11) is 1.58. The number of nitrogens with one attached hydrogen (secondary N) is 2. The van der Waals surface area contributed by atoms with Gasteiger partial charge in [0.05, 0.1) is 16.9 Å². The van der Waals surface area contributed by atoms with Gasteiger partial charge in [-0.2, -0.15) is 0 Å². The molecule has 96 valence electrons. The lowest BCUT2D eigenvalue weighted by Gasteiger charge is -2.26. The van der Waals surface area contributed by atoms with E-state index in [1.165, 1.54) is 12.1 Å². The minimum atomic E-state index is -1.02. The minimum Gasteiger partial charge on any atom is -0.478 e. The summed E-state index contributed by atoms with van der Waals surface area (Å²) < 4.78 is 4.93. The standard InChI is InChI=1S/C12H14N2O4/c1-18-5-4-9-11(15)14-10-6-7(12(16)17)2-3-8(10)13-9/h2-3,6,9,13H,4-5H2,1H3,(H,14,15)(H,16,17). The van der Waals surface area contributed by atoms with E-state index >= 15 is 0 Å². The number of hydrogen-bond donors (Lipinski definition) is 3. The van der Waals surface area contributed by atoms with Gasteiger partial charge < -0.3 is 20.5 Å². The van der Waals surface area contributed by atoms with Crippen LogP contribution in [0.1, 0.15) is 16.8 Å². The summed E-state index contributed by atoms with van der Waals surface area (Å²) in [4.78, 5) is 22.6. The highest BCUT2D eigenvalue weighted by molar-refractivity contribution is 6.04. The lowest BCUT2D eigenvalue weighted by Crippen LogP contribution is -2.39. The van der Waals surface area contributed by atoms with Crippen molar-refractivity contribution in [2.24, 2.45) is 0 Å². The summed E-state index contributed by atoms with van der Waals surface area (Å²) >= 11 is 0. The van der Waals surface area contributed by atoms with Gasteiger partial charge in [-0.15, -0.1) is 0 Å². The Morgan fingerprint density at radius 1 is 1.44 bits per heavy atom.